The lowest BCUT2D eigenvalue weighted by atomic mass is 9.64. The van der Waals surface area contributed by atoms with Crippen LogP contribution in [0.3, 0.4) is 0 Å². The van der Waals surface area contributed by atoms with E-state index in [0.29, 0.717) is 0 Å². The topological polar surface area (TPSA) is 40.5 Å². The first kappa shape index (κ1) is 25.5. The van der Waals surface area contributed by atoms with E-state index in [1.165, 1.54) is 0 Å². The zero-order valence-corrected chi connectivity index (χ0v) is 21.4. The molecule has 36 heavy (non-hydrogen) atoms. The number of hydrogen-bond acceptors (Lipinski definition) is 2. The molecule has 182 valence electrons. The smallest absolute Gasteiger partial charge is 0.131 e. The minimum Gasteiger partial charge on any atom is -0.379 e. The van der Waals surface area contributed by atoms with E-state index in [-0.39, 0.29) is 0 Å². The van der Waals surface area contributed by atoms with Gasteiger partial charge in [-0.25, -0.2) is 0 Å². The number of rotatable bonds is 6. The molecule has 2 nitrogen and oxygen atoms in total. The van der Waals surface area contributed by atoms with Gasteiger partial charge in [-0.1, -0.05) is 133 Å². The fraction of sp³-hybridized carbons (Fsp3) is 0.235. The lowest BCUT2D eigenvalue weighted by molar-refractivity contribution is -0.00987. The quantitative estimate of drug-likeness (QED) is 0.298. The Balaban J connectivity index is 1.87. The minimum atomic E-state index is -1.36. The van der Waals surface area contributed by atoms with Crippen molar-refractivity contribution in [1.29, 1.82) is 0 Å². The average Bonchev–Trinajstić information content (AvgIpc) is 2.93. The summed E-state index contributed by atoms with van der Waals surface area (Å²) >= 11 is 0. The number of aliphatic hydroxyl groups is 2. The van der Waals surface area contributed by atoms with Gasteiger partial charge in [-0.2, -0.15) is 0 Å². The van der Waals surface area contributed by atoms with Crippen LogP contribution >= 0.6 is 0 Å². The molecule has 0 heterocycles. The minimum absolute atomic E-state index is 0.773. The van der Waals surface area contributed by atoms with E-state index >= 15 is 0 Å². The Morgan fingerprint density at radius 1 is 0.389 bits per heavy atom. The summed E-state index contributed by atoms with van der Waals surface area (Å²) in [6.45, 7) is 7.83. The molecule has 0 bridgehead atoms. The van der Waals surface area contributed by atoms with Crippen molar-refractivity contribution in [1.82, 2.24) is 0 Å². The molecule has 4 aromatic rings. The van der Waals surface area contributed by atoms with Gasteiger partial charge in [-0.05, 0) is 49.9 Å². The zero-order chi connectivity index (χ0) is 25.9. The highest BCUT2D eigenvalue weighted by Gasteiger charge is 2.48. The first-order chi connectivity index (χ1) is 17.1. The first-order valence-corrected chi connectivity index (χ1v) is 12.3. The average molecular weight is 475 g/mol. The first-order valence-electron chi connectivity index (χ1n) is 12.3. The van der Waals surface area contributed by atoms with E-state index in [4.69, 9.17) is 0 Å². The highest BCUT2D eigenvalue weighted by atomic mass is 16.3. The summed E-state index contributed by atoms with van der Waals surface area (Å²) in [6, 6.07) is 38.7. The molecule has 2 N–H and O–H groups in total. The summed E-state index contributed by atoms with van der Waals surface area (Å²) in [4.78, 5) is 0. The van der Waals surface area contributed by atoms with Gasteiger partial charge in [-0.15, -0.1) is 0 Å². The lowest BCUT2D eigenvalue weighted by Gasteiger charge is -2.43. The molecule has 0 aliphatic heterocycles. The largest absolute Gasteiger partial charge is 0.379 e. The van der Waals surface area contributed by atoms with Gasteiger partial charge in [-0.3, -0.25) is 0 Å². The second-order valence-electron chi connectivity index (χ2n) is 10.4. The molecule has 0 spiro atoms. The van der Waals surface area contributed by atoms with Crippen molar-refractivity contribution < 1.29 is 10.2 Å². The Bertz CT molecular complexity index is 1150. The molecular weight excluding hydrogens is 440 g/mol. The second-order valence-corrected chi connectivity index (χ2v) is 10.4. The third-order valence-electron chi connectivity index (χ3n) is 7.26. The van der Waals surface area contributed by atoms with Crippen LogP contribution in [0.2, 0.25) is 0 Å². The third kappa shape index (κ3) is 4.37. The number of benzene rings is 4. The van der Waals surface area contributed by atoms with Gasteiger partial charge >= 0.3 is 0 Å². The van der Waals surface area contributed by atoms with Crippen molar-refractivity contribution in [2.24, 2.45) is 10.8 Å². The Labute approximate surface area is 215 Å². The number of hydrogen-bond donors (Lipinski definition) is 2. The molecule has 0 fully saturated rings. The monoisotopic (exact) mass is 474 g/mol. The lowest BCUT2D eigenvalue weighted by Crippen LogP contribution is -2.44. The highest BCUT2D eigenvalue weighted by molar-refractivity contribution is 5.45. The molecule has 2 heteroatoms. The van der Waals surface area contributed by atoms with Crippen LogP contribution in [-0.2, 0) is 11.2 Å². The molecule has 4 aromatic carbocycles. The second kappa shape index (κ2) is 9.78. The fourth-order valence-corrected chi connectivity index (χ4v) is 4.99. The Hall–Kier alpha value is -3.64. The maximum atomic E-state index is 12.4. The van der Waals surface area contributed by atoms with Gasteiger partial charge in [0.25, 0.3) is 0 Å². The van der Waals surface area contributed by atoms with Gasteiger partial charge < -0.3 is 10.2 Å². The molecule has 0 aliphatic rings. The van der Waals surface area contributed by atoms with Crippen molar-refractivity contribution in [3.05, 3.63) is 144 Å². The van der Waals surface area contributed by atoms with Crippen LogP contribution in [0.5, 0.6) is 0 Å². The van der Waals surface area contributed by atoms with Gasteiger partial charge in [0.05, 0.1) is 10.8 Å². The molecule has 0 unspecified atom stereocenters. The molecule has 0 amide bonds. The maximum absolute atomic E-state index is 12.4. The highest BCUT2D eigenvalue weighted by Crippen LogP contribution is 2.47. The maximum Gasteiger partial charge on any atom is 0.131 e. The molecule has 0 aliphatic carbocycles. The van der Waals surface area contributed by atoms with Crippen LogP contribution in [0.4, 0.5) is 0 Å². The van der Waals surface area contributed by atoms with Crippen LogP contribution in [0.1, 0.15) is 49.9 Å². The van der Waals surface area contributed by atoms with Crippen LogP contribution in [0.25, 0.3) is 0 Å². The predicted molar refractivity (Wildman–Crippen MR) is 147 cm³/mol. The standard InChI is InChI=1S/C34H34O2/c1-31(2,33(35,27-17-9-5-10-18-27)28-19-11-6-12-20-28)25-26-32(3,4)34(36,29-21-13-7-14-22-29)30-23-15-8-16-24-30/h5-24,35-36H,1-4H3. The summed E-state index contributed by atoms with van der Waals surface area (Å²) in [5, 5.41) is 24.7. The summed E-state index contributed by atoms with van der Waals surface area (Å²) in [5.41, 5.74) is -1.41. The Kier molecular flexibility index (Phi) is 6.92. The zero-order valence-electron chi connectivity index (χ0n) is 21.4. The van der Waals surface area contributed by atoms with Gasteiger partial charge in [0.2, 0.25) is 0 Å². The van der Waals surface area contributed by atoms with Crippen molar-refractivity contribution in [2.75, 3.05) is 0 Å². The van der Waals surface area contributed by atoms with E-state index in [1.807, 2.05) is 149 Å². The van der Waals surface area contributed by atoms with Gasteiger partial charge in [0, 0.05) is 0 Å². The summed E-state index contributed by atoms with van der Waals surface area (Å²) in [6.07, 6.45) is 0. The van der Waals surface area contributed by atoms with Crippen LogP contribution in [-0.4, -0.2) is 10.2 Å². The molecule has 0 saturated carbocycles. The normalized spacial score (nSPS) is 12.5. The van der Waals surface area contributed by atoms with E-state index < -0.39 is 22.0 Å². The van der Waals surface area contributed by atoms with Crippen LogP contribution < -0.4 is 0 Å². The summed E-state index contributed by atoms with van der Waals surface area (Å²) in [7, 11) is 0. The predicted octanol–water partition coefficient (Wildman–Crippen LogP) is 6.91. The van der Waals surface area contributed by atoms with Crippen molar-refractivity contribution >= 4 is 0 Å². The Morgan fingerprint density at radius 2 is 0.583 bits per heavy atom. The van der Waals surface area contributed by atoms with Gasteiger partial charge in [0.1, 0.15) is 11.2 Å². The molecular formula is C34H34O2. The molecule has 0 aromatic heterocycles. The molecule has 4 rings (SSSR count). The van der Waals surface area contributed by atoms with E-state index in [0.717, 1.165) is 22.3 Å². The summed E-state index contributed by atoms with van der Waals surface area (Å²) in [5.74, 6) is 6.84. The van der Waals surface area contributed by atoms with E-state index in [2.05, 4.69) is 11.8 Å². The Morgan fingerprint density at radius 3 is 0.778 bits per heavy atom. The SMILES string of the molecule is CC(C)(C#CC(C)(C)C(O)(c1ccccc1)c1ccccc1)C(O)(c1ccccc1)c1ccccc1. The van der Waals surface area contributed by atoms with Crippen molar-refractivity contribution in [3.8, 4) is 11.8 Å². The fourth-order valence-electron chi connectivity index (χ4n) is 4.99. The van der Waals surface area contributed by atoms with Crippen molar-refractivity contribution in [2.45, 2.75) is 38.9 Å². The van der Waals surface area contributed by atoms with Crippen LogP contribution in [0.15, 0.2) is 121 Å². The van der Waals surface area contributed by atoms with Crippen molar-refractivity contribution in [3.63, 3.8) is 0 Å². The van der Waals surface area contributed by atoms with Crippen LogP contribution in [0, 0.1) is 22.7 Å². The van der Waals surface area contributed by atoms with E-state index in [9.17, 15) is 10.2 Å². The molecule has 0 atom stereocenters. The van der Waals surface area contributed by atoms with E-state index in [1.54, 1.807) is 0 Å². The molecule has 0 radical (unpaired) electrons. The van der Waals surface area contributed by atoms with Gasteiger partial charge in [0.15, 0.2) is 0 Å². The molecule has 0 saturated heterocycles. The summed E-state index contributed by atoms with van der Waals surface area (Å²) < 4.78 is 0. The third-order valence-corrected chi connectivity index (χ3v) is 7.26.